The largest absolute Gasteiger partial charge is 0.550 e. The molecule has 3 nitrogen and oxygen atoms in total. The summed E-state index contributed by atoms with van der Waals surface area (Å²) in [6.07, 6.45) is 28.6. The fraction of sp³-hybridized carbons (Fsp3) is 0.500. The average Bonchev–Trinajstić information content (AvgIpc) is 3.33. The van der Waals surface area contributed by atoms with Crippen LogP contribution in [0.3, 0.4) is 0 Å². The van der Waals surface area contributed by atoms with Gasteiger partial charge in [0.15, 0.2) is 0 Å². The first kappa shape index (κ1) is 21.2. The van der Waals surface area contributed by atoms with E-state index in [1.54, 1.807) is 0 Å². The first-order chi connectivity index (χ1) is 12.2. The fourth-order valence-electron chi connectivity index (χ4n) is 2.35. The van der Waals surface area contributed by atoms with Crippen LogP contribution >= 0.6 is 0 Å². The molecule has 1 saturated heterocycles. The summed E-state index contributed by atoms with van der Waals surface area (Å²) < 4.78 is 5.61. The average molecular weight is 343 g/mol. The molecule has 0 aliphatic carbocycles. The molecule has 0 spiro atoms. The van der Waals surface area contributed by atoms with E-state index in [0.29, 0.717) is 18.6 Å². The van der Waals surface area contributed by atoms with E-state index in [1.807, 2.05) is 12.2 Å². The number of carboxylic acids is 1. The number of carbonyl (C=O) groups excluding carboxylic acids is 1. The van der Waals surface area contributed by atoms with Crippen LogP contribution < -0.4 is 5.11 Å². The lowest BCUT2D eigenvalue weighted by molar-refractivity contribution is -0.305. The zero-order valence-electron chi connectivity index (χ0n) is 15.3. The van der Waals surface area contributed by atoms with E-state index in [-0.39, 0.29) is 6.42 Å². The number of allylic oxidation sites excluding steroid dienone is 8. The highest BCUT2D eigenvalue weighted by atomic mass is 16.6. The summed E-state index contributed by atoms with van der Waals surface area (Å²) in [6.45, 7) is 2.15. The molecule has 138 valence electrons. The highest BCUT2D eigenvalue weighted by Gasteiger charge is 2.35. The highest BCUT2D eigenvalue weighted by molar-refractivity contribution is 5.64. The SMILES string of the molecule is CC/C=C\CC1OC1C/C=C\C/C=C\C/C=C\C/C=C\CCC(=O)[O-]. The summed E-state index contributed by atoms with van der Waals surface area (Å²) in [4.78, 5) is 10.2. The smallest absolute Gasteiger partial charge is 0.0879 e. The van der Waals surface area contributed by atoms with Crippen molar-refractivity contribution in [3.63, 3.8) is 0 Å². The predicted octanol–water partition coefficient (Wildman–Crippen LogP) is 4.43. The van der Waals surface area contributed by atoms with Crippen molar-refractivity contribution in [1.82, 2.24) is 0 Å². The minimum absolute atomic E-state index is 0.0971. The molecule has 0 radical (unpaired) electrons. The van der Waals surface area contributed by atoms with E-state index in [1.165, 1.54) is 0 Å². The van der Waals surface area contributed by atoms with E-state index in [2.05, 4.69) is 55.5 Å². The van der Waals surface area contributed by atoms with E-state index in [4.69, 9.17) is 4.74 Å². The van der Waals surface area contributed by atoms with Crippen molar-refractivity contribution in [3.8, 4) is 0 Å². The summed E-state index contributed by atoms with van der Waals surface area (Å²) in [5.74, 6) is -0.993. The first-order valence-corrected chi connectivity index (χ1v) is 9.34. The van der Waals surface area contributed by atoms with Gasteiger partial charge in [0.05, 0.1) is 12.2 Å². The Bertz CT molecular complexity index is 497. The second-order valence-corrected chi connectivity index (χ2v) is 6.07. The second kappa shape index (κ2) is 14.5. The van der Waals surface area contributed by atoms with Gasteiger partial charge >= 0.3 is 0 Å². The van der Waals surface area contributed by atoms with Gasteiger partial charge in [-0.15, -0.1) is 0 Å². The number of carbonyl (C=O) groups is 1. The van der Waals surface area contributed by atoms with Crippen LogP contribution in [0.15, 0.2) is 60.8 Å². The molecule has 3 heteroatoms. The Morgan fingerprint density at radius 3 is 1.80 bits per heavy atom. The van der Waals surface area contributed by atoms with Gasteiger partial charge in [0, 0.05) is 5.97 Å². The molecule has 0 aromatic rings. The molecular weight excluding hydrogens is 312 g/mol. The van der Waals surface area contributed by atoms with E-state index < -0.39 is 5.97 Å². The van der Waals surface area contributed by atoms with Gasteiger partial charge in [0.1, 0.15) is 0 Å². The van der Waals surface area contributed by atoms with E-state index >= 15 is 0 Å². The van der Waals surface area contributed by atoms with Gasteiger partial charge < -0.3 is 14.6 Å². The molecule has 0 saturated carbocycles. The molecule has 1 fully saturated rings. The second-order valence-electron chi connectivity index (χ2n) is 6.07. The first-order valence-electron chi connectivity index (χ1n) is 9.34. The van der Waals surface area contributed by atoms with Gasteiger partial charge in [-0.2, -0.15) is 0 Å². The molecular formula is C22H31O3-. The van der Waals surface area contributed by atoms with E-state index in [9.17, 15) is 9.90 Å². The third-order valence-corrected chi connectivity index (χ3v) is 3.83. The Morgan fingerprint density at radius 1 is 0.800 bits per heavy atom. The zero-order valence-corrected chi connectivity index (χ0v) is 15.3. The summed E-state index contributed by atoms with van der Waals surface area (Å²) in [5, 5.41) is 10.2. The summed E-state index contributed by atoms with van der Waals surface area (Å²) in [5.41, 5.74) is 0. The van der Waals surface area contributed by atoms with Gasteiger partial charge in [-0.3, -0.25) is 0 Å². The topological polar surface area (TPSA) is 52.7 Å². The minimum Gasteiger partial charge on any atom is -0.550 e. The lowest BCUT2D eigenvalue weighted by Crippen LogP contribution is -2.21. The zero-order chi connectivity index (χ0) is 18.2. The molecule has 1 aliphatic heterocycles. The molecule has 0 N–H and O–H groups in total. The van der Waals surface area contributed by atoms with Crippen LogP contribution in [0.5, 0.6) is 0 Å². The van der Waals surface area contributed by atoms with Gasteiger partial charge in [0.25, 0.3) is 0 Å². The van der Waals surface area contributed by atoms with Gasteiger partial charge in [-0.25, -0.2) is 0 Å². The van der Waals surface area contributed by atoms with Crippen molar-refractivity contribution in [1.29, 1.82) is 0 Å². The van der Waals surface area contributed by atoms with E-state index in [0.717, 1.165) is 38.5 Å². The number of rotatable bonds is 14. The summed E-state index contributed by atoms with van der Waals surface area (Å²) in [7, 11) is 0. The number of ether oxygens (including phenoxy) is 1. The quantitative estimate of drug-likeness (QED) is 0.346. The molecule has 1 aliphatic rings. The standard InChI is InChI=1S/C22H32O3/c1-2-3-14-17-20-21(25-20)18-15-12-10-8-6-4-5-7-9-11-13-16-19-22(23)24/h3,5-8,11-15,20-21H,2,4,9-10,16-19H2,1H3,(H,23,24)/p-1/b7-5-,8-6-,13-11-,14-3-,15-12-. The third-order valence-electron chi connectivity index (χ3n) is 3.83. The van der Waals surface area contributed by atoms with Crippen LogP contribution in [0.2, 0.25) is 0 Å². The summed E-state index contributed by atoms with van der Waals surface area (Å²) >= 11 is 0. The normalized spacial score (nSPS) is 20.8. The molecule has 1 rings (SSSR count). The molecule has 0 bridgehead atoms. The van der Waals surface area contributed by atoms with Crippen molar-refractivity contribution < 1.29 is 14.6 Å². The molecule has 0 amide bonds. The molecule has 25 heavy (non-hydrogen) atoms. The molecule has 2 atom stereocenters. The van der Waals surface area contributed by atoms with Crippen LogP contribution in [0.25, 0.3) is 0 Å². The van der Waals surface area contributed by atoms with Crippen LogP contribution in [0, 0.1) is 0 Å². The maximum Gasteiger partial charge on any atom is 0.0879 e. The Hall–Kier alpha value is -1.87. The monoisotopic (exact) mass is 343 g/mol. The van der Waals surface area contributed by atoms with Gasteiger partial charge in [-0.05, 0) is 51.4 Å². The predicted molar refractivity (Wildman–Crippen MR) is 102 cm³/mol. The fourth-order valence-corrected chi connectivity index (χ4v) is 2.35. The number of carboxylic acid groups (broad SMARTS) is 1. The van der Waals surface area contributed by atoms with Crippen LogP contribution in [-0.4, -0.2) is 18.2 Å². The maximum absolute atomic E-state index is 10.2. The Labute approximate surface area is 152 Å². The van der Waals surface area contributed by atoms with Crippen molar-refractivity contribution in [3.05, 3.63) is 60.8 Å². The van der Waals surface area contributed by atoms with Crippen molar-refractivity contribution in [2.75, 3.05) is 0 Å². The highest BCUT2D eigenvalue weighted by Crippen LogP contribution is 2.28. The van der Waals surface area contributed by atoms with Gasteiger partial charge in [0.2, 0.25) is 0 Å². The number of aliphatic carboxylic acids is 1. The van der Waals surface area contributed by atoms with Crippen molar-refractivity contribution in [2.24, 2.45) is 0 Å². The lowest BCUT2D eigenvalue weighted by Gasteiger charge is -1.95. The number of hydrogen-bond donors (Lipinski definition) is 0. The number of epoxide rings is 1. The Kier molecular flexibility index (Phi) is 12.3. The third kappa shape index (κ3) is 13.1. The Morgan fingerprint density at radius 2 is 1.28 bits per heavy atom. The lowest BCUT2D eigenvalue weighted by atomic mass is 10.1. The van der Waals surface area contributed by atoms with Crippen molar-refractivity contribution in [2.45, 2.75) is 70.5 Å². The van der Waals surface area contributed by atoms with Crippen LogP contribution in [0.4, 0.5) is 0 Å². The van der Waals surface area contributed by atoms with Crippen LogP contribution in [-0.2, 0) is 9.53 Å². The Balaban J connectivity index is 1.94. The number of hydrogen-bond acceptors (Lipinski definition) is 3. The summed E-state index contributed by atoms with van der Waals surface area (Å²) in [6, 6.07) is 0. The van der Waals surface area contributed by atoms with Crippen molar-refractivity contribution >= 4 is 5.97 Å². The molecule has 2 unspecified atom stereocenters. The minimum atomic E-state index is -0.993. The van der Waals surface area contributed by atoms with Crippen LogP contribution in [0.1, 0.15) is 58.3 Å². The molecule has 1 heterocycles. The van der Waals surface area contributed by atoms with Gasteiger partial charge in [-0.1, -0.05) is 67.7 Å². The maximum atomic E-state index is 10.2. The molecule has 0 aromatic heterocycles. The molecule has 0 aromatic carbocycles.